The Morgan fingerprint density at radius 2 is 1.84 bits per heavy atom. The molecule has 0 radical (unpaired) electrons. The van der Waals surface area contributed by atoms with Crippen LogP contribution in [0.15, 0.2) is 29.3 Å². The molecule has 0 aromatic heterocycles. The molecule has 0 N–H and O–H groups in total. The van der Waals surface area contributed by atoms with Crippen molar-refractivity contribution in [3.63, 3.8) is 0 Å². The van der Waals surface area contributed by atoms with Gasteiger partial charge in [0.25, 0.3) is 0 Å². The average molecular weight is 294 g/mol. The first-order chi connectivity index (χ1) is 8.87. The fourth-order valence-corrected chi connectivity index (χ4v) is 7.42. The van der Waals surface area contributed by atoms with Gasteiger partial charge < -0.3 is 0 Å². The predicted octanol–water partition coefficient (Wildman–Crippen LogP) is 5.15. The quantitative estimate of drug-likeness (QED) is 0.385. The van der Waals surface area contributed by atoms with Crippen molar-refractivity contribution >= 4 is 24.6 Å². The predicted molar refractivity (Wildman–Crippen MR) is 93.3 cm³/mol. The molecule has 1 unspecified atom stereocenters. The Morgan fingerprint density at radius 1 is 1.21 bits per heavy atom. The lowest BCUT2D eigenvalue weighted by Gasteiger charge is -2.20. The van der Waals surface area contributed by atoms with E-state index in [9.17, 15) is 0 Å². The van der Waals surface area contributed by atoms with Crippen LogP contribution in [0.1, 0.15) is 30.9 Å². The molecule has 0 aliphatic rings. The lowest BCUT2D eigenvalue weighted by atomic mass is 10.2. The summed E-state index contributed by atoms with van der Waals surface area (Å²) < 4.78 is 0. The van der Waals surface area contributed by atoms with Crippen LogP contribution in [0.3, 0.4) is 0 Å². The van der Waals surface area contributed by atoms with Gasteiger partial charge in [0.15, 0.2) is 0 Å². The van der Waals surface area contributed by atoms with Crippen LogP contribution in [0, 0.1) is 6.92 Å². The first-order valence-corrected chi connectivity index (χ1v) is 12.2. The van der Waals surface area contributed by atoms with Gasteiger partial charge in [-0.1, -0.05) is 56.4 Å². The van der Waals surface area contributed by atoms with E-state index in [-0.39, 0.29) is 0 Å². The Balaban J connectivity index is 2.22. The maximum atomic E-state index is 4.52. The highest BCUT2D eigenvalue weighted by Gasteiger charge is 2.17. The van der Waals surface area contributed by atoms with Crippen LogP contribution < -0.4 is 0 Å². The third-order valence-corrected chi connectivity index (χ3v) is 7.44. The molecule has 1 aromatic carbocycles. The molecule has 0 amide bonds. The zero-order valence-electron chi connectivity index (χ0n) is 12.9. The number of rotatable bonds is 7. The van der Waals surface area contributed by atoms with Crippen molar-refractivity contribution in [1.82, 2.24) is 0 Å². The first-order valence-electron chi connectivity index (χ1n) is 7.11. The summed E-state index contributed by atoms with van der Waals surface area (Å²) in [6, 6.07) is 8.52. The van der Waals surface area contributed by atoms with Gasteiger partial charge >= 0.3 is 0 Å². The molecular formula is C16H27NSSi. The van der Waals surface area contributed by atoms with E-state index in [0.717, 1.165) is 11.8 Å². The molecule has 1 aromatic rings. The molecule has 1 atom stereocenters. The molecule has 3 heteroatoms. The molecule has 0 aliphatic carbocycles. The van der Waals surface area contributed by atoms with Crippen LogP contribution in [0.25, 0.3) is 0 Å². The van der Waals surface area contributed by atoms with Crippen molar-refractivity contribution < 1.29 is 0 Å². The Morgan fingerprint density at radius 3 is 2.42 bits per heavy atom. The van der Waals surface area contributed by atoms with Gasteiger partial charge in [0.2, 0.25) is 0 Å². The Kier molecular flexibility index (Phi) is 6.87. The van der Waals surface area contributed by atoms with Crippen LogP contribution in [-0.2, 0) is 0 Å². The van der Waals surface area contributed by atoms with E-state index in [0.29, 0.717) is 0 Å². The first kappa shape index (κ1) is 16.5. The van der Waals surface area contributed by atoms with E-state index in [4.69, 9.17) is 0 Å². The fraction of sp³-hybridized carbons (Fsp3) is 0.562. The Bertz CT molecular complexity index is 392. The molecule has 1 nitrogen and oxygen atoms in total. The van der Waals surface area contributed by atoms with Gasteiger partial charge in [0.1, 0.15) is 7.22 Å². The smallest absolute Gasteiger partial charge is 0.108 e. The summed E-state index contributed by atoms with van der Waals surface area (Å²) in [5.74, 6) is 0. The molecule has 0 heterocycles. The molecule has 0 spiro atoms. The molecule has 0 saturated carbocycles. The van der Waals surface area contributed by atoms with E-state index in [1.54, 1.807) is 0 Å². The Hall–Kier alpha value is -0.543. The molecular weight excluding hydrogens is 266 g/mol. The van der Waals surface area contributed by atoms with Gasteiger partial charge in [-0.3, -0.25) is 4.99 Å². The number of aliphatic imine (C=N–C) groups is 1. The molecule has 0 bridgehead atoms. The number of nitrogens with zero attached hydrogens (tertiary/aromatic N) is 1. The van der Waals surface area contributed by atoms with Gasteiger partial charge in [-0.25, -0.2) is 0 Å². The minimum absolute atomic E-state index is 0.779. The largest absolute Gasteiger partial charge is 0.293 e. The van der Waals surface area contributed by atoms with E-state index in [2.05, 4.69) is 74.0 Å². The molecule has 106 valence electrons. The minimum atomic E-state index is -0.969. The summed E-state index contributed by atoms with van der Waals surface area (Å²) in [4.78, 5) is 4.52. The van der Waals surface area contributed by atoms with Gasteiger partial charge in [0.05, 0.1) is 0 Å². The average Bonchev–Trinajstić information content (AvgIpc) is 2.29. The highest BCUT2D eigenvalue weighted by Crippen LogP contribution is 2.27. The third kappa shape index (κ3) is 8.27. The van der Waals surface area contributed by atoms with Crippen LogP contribution in [0.5, 0.6) is 0 Å². The normalized spacial score (nSPS) is 13.9. The van der Waals surface area contributed by atoms with Crippen LogP contribution in [0.4, 0.5) is 0 Å². The van der Waals surface area contributed by atoms with E-state index in [1.165, 1.54) is 24.0 Å². The lowest BCUT2D eigenvalue weighted by molar-refractivity contribution is 0.743. The number of benzene rings is 1. The second-order valence-corrected chi connectivity index (χ2v) is 15.8. The molecule has 0 aliphatic heterocycles. The topological polar surface area (TPSA) is 12.4 Å². The zero-order chi connectivity index (χ0) is 14.3. The molecule has 0 saturated heterocycles. The number of hydrogen-bond donors (Lipinski definition) is 0. The number of hydrogen-bond acceptors (Lipinski definition) is 2. The summed E-state index contributed by atoms with van der Waals surface area (Å²) in [5, 5.41) is 0.779. The van der Waals surface area contributed by atoms with Gasteiger partial charge in [0, 0.05) is 12.8 Å². The van der Waals surface area contributed by atoms with Gasteiger partial charge in [-0.15, -0.1) is 0 Å². The van der Waals surface area contributed by atoms with Crippen molar-refractivity contribution in [2.24, 2.45) is 4.99 Å². The Labute approximate surface area is 123 Å². The molecule has 0 fully saturated rings. The fourth-order valence-electron chi connectivity index (χ4n) is 1.95. The zero-order valence-corrected chi connectivity index (χ0v) is 14.8. The maximum absolute atomic E-state index is 4.52. The van der Waals surface area contributed by atoms with Crippen molar-refractivity contribution in [3.8, 4) is 0 Å². The summed E-state index contributed by atoms with van der Waals surface area (Å²) in [6.07, 6.45) is 4.47. The minimum Gasteiger partial charge on any atom is -0.293 e. The third-order valence-electron chi connectivity index (χ3n) is 2.77. The van der Waals surface area contributed by atoms with Crippen molar-refractivity contribution in [1.29, 1.82) is 0 Å². The van der Waals surface area contributed by atoms with Gasteiger partial charge in [-0.05, 0) is 30.6 Å². The summed E-state index contributed by atoms with van der Waals surface area (Å²) in [5.41, 5.74) is 2.50. The second-order valence-electron chi connectivity index (χ2n) is 6.13. The van der Waals surface area contributed by atoms with Gasteiger partial charge in [-0.2, -0.15) is 11.2 Å². The number of aryl methyl sites for hydroxylation is 1. The van der Waals surface area contributed by atoms with E-state index < -0.39 is 7.22 Å². The van der Waals surface area contributed by atoms with Crippen LogP contribution in [0.2, 0.25) is 19.6 Å². The summed E-state index contributed by atoms with van der Waals surface area (Å²) in [7, 11) is -0.969. The van der Waals surface area contributed by atoms with Crippen molar-refractivity contribution in [2.45, 2.75) is 51.6 Å². The summed E-state index contributed by atoms with van der Waals surface area (Å²) in [6.45, 7) is 12.7. The SMILES string of the molecule is Cc1ccc(/C=N/CCCC(C)S[Si](C)(C)C)cc1. The van der Waals surface area contributed by atoms with E-state index >= 15 is 0 Å². The highest BCUT2D eigenvalue weighted by molar-refractivity contribution is 8.29. The van der Waals surface area contributed by atoms with E-state index in [1.807, 2.05) is 6.21 Å². The molecule has 19 heavy (non-hydrogen) atoms. The van der Waals surface area contributed by atoms with Crippen LogP contribution >= 0.6 is 11.2 Å². The van der Waals surface area contributed by atoms with Crippen molar-refractivity contribution in [2.75, 3.05) is 6.54 Å². The second kappa shape index (κ2) is 7.90. The standard InChI is InChI=1S/C16H27NSSi/c1-14-8-10-16(11-9-14)13-17-12-6-7-15(2)18-19(3,4)5/h8-11,13,15H,6-7,12H2,1-5H3/b17-13+. The lowest BCUT2D eigenvalue weighted by Crippen LogP contribution is -2.18. The molecule has 1 rings (SSSR count). The van der Waals surface area contributed by atoms with Crippen molar-refractivity contribution in [3.05, 3.63) is 35.4 Å². The maximum Gasteiger partial charge on any atom is 0.108 e. The van der Waals surface area contributed by atoms with Crippen LogP contribution in [-0.4, -0.2) is 25.2 Å². The monoisotopic (exact) mass is 293 g/mol. The highest BCUT2D eigenvalue weighted by atomic mass is 32.4. The summed E-state index contributed by atoms with van der Waals surface area (Å²) >= 11 is 2.20.